The van der Waals surface area contributed by atoms with Crippen molar-refractivity contribution in [3.8, 4) is 0 Å². The van der Waals surface area contributed by atoms with Gasteiger partial charge in [-0.25, -0.2) is 4.39 Å². The smallest absolute Gasteiger partial charge is 0.238 e. The maximum absolute atomic E-state index is 13.4. The number of carbonyl (C=O) groups is 1. The molecule has 1 aromatic rings. The van der Waals surface area contributed by atoms with Gasteiger partial charge in [0, 0.05) is 26.2 Å². The second-order valence-corrected chi connectivity index (χ2v) is 4.40. The van der Waals surface area contributed by atoms with E-state index in [0.717, 1.165) is 0 Å². The fourth-order valence-corrected chi connectivity index (χ4v) is 1.62. The summed E-state index contributed by atoms with van der Waals surface area (Å²) >= 11 is 0. The average Bonchev–Trinajstić information content (AvgIpc) is 2.35. The molecule has 0 aromatic heterocycles. The van der Waals surface area contributed by atoms with Crippen LogP contribution in [0.1, 0.15) is 18.6 Å². The van der Waals surface area contributed by atoms with Crippen molar-refractivity contribution in [3.05, 3.63) is 35.6 Å². The quantitative estimate of drug-likeness (QED) is 0.821. The average molecular weight is 254 g/mol. The molecule has 0 saturated carbocycles. The molecule has 2 atom stereocenters. The Kier molecular flexibility index (Phi) is 5.25. The van der Waals surface area contributed by atoms with E-state index in [9.17, 15) is 14.3 Å². The van der Waals surface area contributed by atoms with Crippen LogP contribution in [0.25, 0.3) is 0 Å². The molecule has 0 fully saturated rings. The summed E-state index contributed by atoms with van der Waals surface area (Å²) in [5.74, 6) is -0.533. The van der Waals surface area contributed by atoms with Gasteiger partial charge in [0.2, 0.25) is 5.91 Å². The molecule has 1 aromatic carbocycles. The van der Waals surface area contributed by atoms with Gasteiger partial charge in [0.05, 0.1) is 12.1 Å². The highest BCUT2D eigenvalue weighted by Crippen LogP contribution is 2.15. The SMILES string of the molecule is CC(NCC(O)c1ccccc1F)C(=O)N(C)C. The molecule has 0 aliphatic carbocycles. The van der Waals surface area contributed by atoms with E-state index in [1.54, 1.807) is 33.2 Å². The lowest BCUT2D eigenvalue weighted by Crippen LogP contribution is -2.43. The number of amides is 1. The van der Waals surface area contributed by atoms with E-state index in [4.69, 9.17) is 0 Å². The van der Waals surface area contributed by atoms with Crippen molar-refractivity contribution in [1.82, 2.24) is 10.2 Å². The van der Waals surface area contributed by atoms with E-state index in [0.29, 0.717) is 0 Å². The summed E-state index contributed by atoms with van der Waals surface area (Å²) in [5.41, 5.74) is 0.231. The number of carbonyl (C=O) groups excluding carboxylic acids is 1. The molecule has 0 heterocycles. The summed E-state index contributed by atoms with van der Waals surface area (Å²) in [6, 6.07) is 5.64. The number of halogens is 1. The Morgan fingerprint density at radius 1 is 1.44 bits per heavy atom. The zero-order valence-corrected chi connectivity index (χ0v) is 10.9. The monoisotopic (exact) mass is 254 g/mol. The van der Waals surface area contributed by atoms with Gasteiger partial charge in [-0.2, -0.15) is 0 Å². The Hall–Kier alpha value is -1.46. The molecule has 2 N–H and O–H groups in total. The lowest BCUT2D eigenvalue weighted by Gasteiger charge is -2.20. The van der Waals surface area contributed by atoms with Gasteiger partial charge in [-0.1, -0.05) is 18.2 Å². The third-order valence-electron chi connectivity index (χ3n) is 2.69. The third kappa shape index (κ3) is 3.78. The van der Waals surface area contributed by atoms with E-state index >= 15 is 0 Å². The molecule has 0 aliphatic heterocycles. The molecule has 100 valence electrons. The van der Waals surface area contributed by atoms with Crippen molar-refractivity contribution in [2.24, 2.45) is 0 Å². The van der Waals surface area contributed by atoms with Gasteiger partial charge >= 0.3 is 0 Å². The Morgan fingerprint density at radius 3 is 2.61 bits per heavy atom. The number of nitrogens with one attached hydrogen (secondary N) is 1. The van der Waals surface area contributed by atoms with E-state index in [2.05, 4.69) is 5.32 Å². The van der Waals surface area contributed by atoms with E-state index in [1.165, 1.54) is 17.0 Å². The topological polar surface area (TPSA) is 52.6 Å². The molecular formula is C13H19FN2O2. The molecule has 1 amide bonds. The Labute approximate surface area is 106 Å². The summed E-state index contributed by atoms with van der Waals surface area (Å²) in [4.78, 5) is 13.0. The molecule has 0 saturated heterocycles. The summed E-state index contributed by atoms with van der Waals surface area (Å²) < 4.78 is 13.4. The first-order valence-corrected chi connectivity index (χ1v) is 5.80. The van der Waals surface area contributed by atoms with Crippen LogP contribution in [-0.4, -0.2) is 42.6 Å². The van der Waals surface area contributed by atoms with E-state index in [-0.39, 0.29) is 18.0 Å². The number of aliphatic hydroxyl groups excluding tert-OH is 1. The van der Waals surface area contributed by atoms with E-state index < -0.39 is 18.0 Å². The van der Waals surface area contributed by atoms with Gasteiger partial charge in [0.15, 0.2) is 0 Å². The minimum atomic E-state index is -0.969. The Balaban J connectivity index is 2.54. The van der Waals surface area contributed by atoms with Gasteiger partial charge < -0.3 is 15.3 Å². The first kappa shape index (κ1) is 14.6. The van der Waals surface area contributed by atoms with Crippen LogP contribution in [0.15, 0.2) is 24.3 Å². The maximum atomic E-state index is 13.4. The predicted molar refractivity (Wildman–Crippen MR) is 67.5 cm³/mol. The molecule has 18 heavy (non-hydrogen) atoms. The van der Waals surface area contributed by atoms with Crippen molar-refractivity contribution in [2.75, 3.05) is 20.6 Å². The van der Waals surface area contributed by atoms with Gasteiger partial charge in [-0.3, -0.25) is 4.79 Å². The molecule has 1 rings (SSSR count). The molecule has 4 nitrogen and oxygen atoms in total. The number of aliphatic hydroxyl groups is 1. The van der Waals surface area contributed by atoms with Crippen LogP contribution in [0.5, 0.6) is 0 Å². The maximum Gasteiger partial charge on any atom is 0.238 e. The largest absolute Gasteiger partial charge is 0.387 e. The van der Waals surface area contributed by atoms with Crippen LogP contribution in [-0.2, 0) is 4.79 Å². The Bertz CT molecular complexity index is 410. The number of nitrogens with zero attached hydrogens (tertiary/aromatic N) is 1. The fraction of sp³-hybridized carbons (Fsp3) is 0.462. The summed E-state index contributed by atoms with van der Waals surface area (Å²) in [6.45, 7) is 1.83. The number of benzene rings is 1. The normalized spacial score (nSPS) is 14.1. The minimum Gasteiger partial charge on any atom is -0.387 e. The first-order valence-electron chi connectivity index (χ1n) is 5.80. The van der Waals surface area contributed by atoms with Crippen molar-refractivity contribution in [3.63, 3.8) is 0 Å². The van der Waals surface area contributed by atoms with Gasteiger partial charge in [0.1, 0.15) is 5.82 Å². The minimum absolute atomic E-state index is 0.0873. The molecule has 0 bridgehead atoms. The van der Waals surface area contributed by atoms with Crippen molar-refractivity contribution < 1.29 is 14.3 Å². The van der Waals surface area contributed by atoms with Crippen molar-refractivity contribution >= 4 is 5.91 Å². The first-order chi connectivity index (χ1) is 8.43. The molecule has 2 unspecified atom stereocenters. The van der Waals surface area contributed by atoms with E-state index in [1.807, 2.05) is 0 Å². The van der Waals surface area contributed by atoms with Gasteiger partial charge in [-0.15, -0.1) is 0 Å². The number of hydrogen-bond donors (Lipinski definition) is 2. The zero-order chi connectivity index (χ0) is 13.7. The molecule has 0 aliphatic rings. The van der Waals surface area contributed by atoms with Gasteiger partial charge in [0.25, 0.3) is 0 Å². The molecule has 0 radical (unpaired) electrons. The third-order valence-corrected chi connectivity index (χ3v) is 2.69. The van der Waals surface area contributed by atoms with Crippen LogP contribution < -0.4 is 5.32 Å². The summed E-state index contributed by atoms with van der Waals surface area (Å²) in [7, 11) is 3.32. The summed E-state index contributed by atoms with van der Waals surface area (Å²) in [6.07, 6.45) is -0.969. The Morgan fingerprint density at radius 2 is 2.06 bits per heavy atom. The lowest BCUT2D eigenvalue weighted by atomic mass is 10.1. The molecule has 5 heteroatoms. The zero-order valence-electron chi connectivity index (χ0n) is 10.9. The van der Waals surface area contributed by atoms with Crippen LogP contribution >= 0.6 is 0 Å². The van der Waals surface area contributed by atoms with Crippen LogP contribution in [0.4, 0.5) is 4.39 Å². The fourth-order valence-electron chi connectivity index (χ4n) is 1.62. The summed E-state index contributed by atoms with van der Waals surface area (Å²) in [5, 5.41) is 12.7. The number of likely N-dealkylation sites (N-methyl/N-ethyl adjacent to an activating group) is 1. The van der Waals surface area contributed by atoms with Crippen molar-refractivity contribution in [1.29, 1.82) is 0 Å². The highest BCUT2D eigenvalue weighted by atomic mass is 19.1. The molecular weight excluding hydrogens is 235 g/mol. The standard InChI is InChI=1S/C13H19FN2O2/c1-9(13(18)16(2)3)15-8-12(17)10-6-4-5-7-11(10)14/h4-7,9,12,15,17H,8H2,1-3H3. The van der Waals surface area contributed by atoms with Gasteiger partial charge in [-0.05, 0) is 13.0 Å². The second kappa shape index (κ2) is 6.47. The highest BCUT2D eigenvalue weighted by molar-refractivity contribution is 5.80. The molecule has 0 spiro atoms. The van der Waals surface area contributed by atoms with Crippen LogP contribution in [0, 0.1) is 5.82 Å². The number of hydrogen-bond acceptors (Lipinski definition) is 3. The lowest BCUT2D eigenvalue weighted by molar-refractivity contribution is -0.130. The predicted octanol–water partition coefficient (Wildman–Crippen LogP) is 0.925. The number of rotatable bonds is 5. The highest BCUT2D eigenvalue weighted by Gasteiger charge is 2.17. The van der Waals surface area contributed by atoms with Crippen LogP contribution in [0.3, 0.4) is 0 Å². The van der Waals surface area contributed by atoms with Crippen LogP contribution in [0.2, 0.25) is 0 Å². The second-order valence-electron chi connectivity index (χ2n) is 4.40. The van der Waals surface area contributed by atoms with Crippen molar-refractivity contribution in [2.45, 2.75) is 19.1 Å².